The summed E-state index contributed by atoms with van der Waals surface area (Å²) < 4.78 is 1.42. The van der Waals surface area contributed by atoms with Gasteiger partial charge in [0.15, 0.2) is 0 Å². The first-order valence-electron chi connectivity index (χ1n) is 3.17. The minimum absolute atomic E-state index is 0.669. The smallest absolute Gasteiger partial charge is 0.0470 e. The monoisotopic (exact) mass is 194 g/mol. The van der Waals surface area contributed by atoms with Crippen LogP contribution in [0.3, 0.4) is 0 Å². The van der Waals surface area contributed by atoms with E-state index in [1.807, 2.05) is 22.6 Å². The van der Waals surface area contributed by atoms with Crippen LogP contribution in [0.15, 0.2) is 10.3 Å². The lowest BCUT2D eigenvalue weighted by Crippen LogP contribution is -1.78. The molecular formula is C7H14S3. The maximum atomic E-state index is 2.30. The van der Waals surface area contributed by atoms with E-state index >= 15 is 0 Å². The van der Waals surface area contributed by atoms with Crippen molar-refractivity contribution in [2.75, 3.05) is 12.5 Å². The molecule has 0 heterocycles. The van der Waals surface area contributed by atoms with Crippen LogP contribution in [-0.2, 0) is 0 Å². The Bertz CT molecular complexity index is 107. The molecule has 0 spiro atoms. The highest BCUT2D eigenvalue weighted by Crippen LogP contribution is 2.35. The molecular weight excluding hydrogens is 180 g/mol. The summed E-state index contributed by atoms with van der Waals surface area (Å²) in [5.41, 5.74) is 0. The second kappa shape index (κ2) is 6.50. The van der Waals surface area contributed by atoms with E-state index < -0.39 is 0 Å². The van der Waals surface area contributed by atoms with Crippen molar-refractivity contribution in [1.29, 1.82) is 0 Å². The van der Waals surface area contributed by atoms with Crippen LogP contribution >= 0.6 is 33.3 Å². The van der Waals surface area contributed by atoms with Crippen LogP contribution in [0.25, 0.3) is 0 Å². The van der Waals surface area contributed by atoms with Crippen LogP contribution < -0.4 is 0 Å². The third kappa shape index (κ3) is 5.57. The van der Waals surface area contributed by atoms with Crippen molar-refractivity contribution in [2.45, 2.75) is 13.8 Å². The van der Waals surface area contributed by atoms with Gasteiger partial charge < -0.3 is 0 Å². The SMILES string of the molecule is CSS/C(=C/C(C)C)SC. The second-order valence-electron chi connectivity index (χ2n) is 2.18. The minimum Gasteiger partial charge on any atom is -0.122 e. The molecule has 0 aromatic heterocycles. The Kier molecular flexibility index (Phi) is 7.01. The highest BCUT2D eigenvalue weighted by atomic mass is 33.1. The fourth-order valence-electron chi connectivity index (χ4n) is 0.484. The van der Waals surface area contributed by atoms with Crippen molar-refractivity contribution in [3.8, 4) is 0 Å². The molecule has 0 aromatic carbocycles. The molecule has 0 aromatic rings. The third-order valence-electron chi connectivity index (χ3n) is 0.836. The topological polar surface area (TPSA) is 0 Å². The van der Waals surface area contributed by atoms with Gasteiger partial charge in [0, 0.05) is 4.24 Å². The summed E-state index contributed by atoms with van der Waals surface area (Å²) in [6.45, 7) is 4.41. The zero-order valence-corrected chi connectivity index (χ0v) is 9.33. The Labute approximate surface area is 76.0 Å². The average Bonchev–Trinajstić information content (AvgIpc) is 1.86. The highest BCUT2D eigenvalue weighted by Gasteiger charge is 1.95. The number of thioether (sulfide) groups is 1. The van der Waals surface area contributed by atoms with Crippen molar-refractivity contribution in [3.05, 3.63) is 10.3 Å². The third-order valence-corrected chi connectivity index (χ3v) is 3.95. The molecule has 0 saturated heterocycles. The molecule has 0 amide bonds. The fourth-order valence-corrected chi connectivity index (χ4v) is 3.54. The fraction of sp³-hybridized carbons (Fsp3) is 0.714. The zero-order chi connectivity index (χ0) is 7.98. The van der Waals surface area contributed by atoms with E-state index in [2.05, 4.69) is 32.4 Å². The van der Waals surface area contributed by atoms with E-state index in [1.54, 1.807) is 10.8 Å². The first-order valence-corrected chi connectivity index (χ1v) is 6.95. The van der Waals surface area contributed by atoms with Crippen LogP contribution in [0.5, 0.6) is 0 Å². The molecule has 0 nitrogen and oxygen atoms in total. The predicted molar refractivity (Wildman–Crippen MR) is 57.5 cm³/mol. The number of hydrogen-bond acceptors (Lipinski definition) is 3. The molecule has 10 heavy (non-hydrogen) atoms. The van der Waals surface area contributed by atoms with Crippen LogP contribution in [-0.4, -0.2) is 12.5 Å². The predicted octanol–water partition coefficient (Wildman–Crippen LogP) is 3.86. The zero-order valence-electron chi connectivity index (χ0n) is 6.88. The van der Waals surface area contributed by atoms with Gasteiger partial charge >= 0.3 is 0 Å². The van der Waals surface area contributed by atoms with Crippen molar-refractivity contribution in [2.24, 2.45) is 5.92 Å². The Morgan fingerprint density at radius 2 is 1.90 bits per heavy atom. The number of allylic oxidation sites excluding steroid dienone is 1. The van der Waals surface area contributed by atoms with Crippen LogP contribution in [0.1, 0.15) is 13.8 Å². The normalized spacial score (nSPS) is 12.7. The lowest BCUT2D eigenvalue weighted by atomic mass is 10.2. The largest absolute Gasteiger partial charge is 0.122 e. The van der Waals surface area contributed by atoms with Gasteiger partial charge in [-0.2, -0.15) is 0 Å². The lowest BCUT2D eigenvalue weighted by molar-refractivity contribution is 0.832. The van der Waals surface area contributed by atoms with E-state index in [0.717, 1.165) is 0 Å². The van der Waals surface area contributed by atoms with Gasteiger partial charge in [0.05, 0.1) is 0 Å². The van der Waals surface area contributed by atoms with Crippen LogP contribution in [0.2, 0.25) is 0 Å². The van der Waals surface area contributed by atoms with E-state index in [9.17, 15) is 0 Å². The van der Waals surface area contributed by atoms with E-state index in [0.29, 0.717) is 5.92 Å². The number of rotatable bonds is 4. The summed E-state index contributed by atoms with van der Waals surface area (Å²) in [4.78, 5) is 0. The number of hydrogen-bond donors (Lipinski definition) is 0. The van der Waals surface area contributed by atoms with Gasteiger partial charge in [-0.3, -0.25) is 0 Å². The molecule has 0 saturated carbocycles. The Morgan fingerprint density at radius 1 is 1.30 bits per heavy atom. The van der Waals surface area contributed by atoms with Crippen LogP contribution in [0, 0.1) is 5.92 Å². The maximum Gasteiger partial charge on any atom is 0.0470 e. The quantitative estimate of drug-likeness (QED) is 0.624. The molecule has 0 N–H and O–H groups in total. The molecule has 0 bridgehead atoms. The summed E-state index contributed by atoms with van der Waals surface area (Å²) in [6.07, 6.45) is 6.53. The van der Waals surface area contributed by atoms with Gasteiger partial charge in [-0.15, -0.1) is 11.8 Å². The van der Waals surface area contributed by atoms with Gasteiger partial charge in [-0.1, -0.05) is 41.5 Å². The summed E-state index contributed by atoms with van der Waals surface area (Å²) in [7, 11) is 3.65. The lowest BCUT2D eigenvalue weighted by Gasteiger charge is -2.01. The first-order chi connectivity index (χ1) is 4.70. The van der Waals surface area contributed by atoms with Crippen molar-refractivity contribution in [1.82, 2.24) is 0 Å². The van der Waals surface area contributed by atoms with E-state index in [-0.39, 0.29) is 0 Å². The van der Waals surface area contributed by atoms with Gasteiger partial charge in [0.1, 0.15) is 0 Å². The molecule has 0 aliphatic carbocycles. The van der Waals surface area contributed by atoms with Crippen molar-refractivity contribution < 1.29 is 0 Å². The van der Waals surface area contributed by atoms with E-state index in [4.69, 9.17) is 0 Å². The Balaban J connectivity index is 3.78. The molecule has 3 heteroatoms. The Morgan fingerprint density at radius 3 is 2.20 bits per heavy atom. The van der Waals surface area contributed by atoms with Gasteiger partial charge in [-0.05, 0) is 18.4 Å². The summed E-state index contributed by atoms with van der Waals surface area (Å²) in [6, 6.07) is 0. The summed E-state index contributed by atoms with van der Waals surface area (Å²) in [5.74, 6) is 0.669. The molecule has 0 aliphatic heterocycles. The molecule has 0 atom stereocenters. The molecule has 60 valence electrons. The maximum absolute atomic E-state index is 2.30. The summed E-state index contributed by atoms with van der Waals surface area (Å²) in [5, 5.41) is 0. The second-order valence-corrected chi connectivity index (χ2v) is 5.73. The summed E-state index contributed by atoms with van der Waals surface area (Å²) >= 11 is 1.83. The molecule has 0 radical (unpaired) electrons. The molecule has 0 rings (SSSR count). The Hall–Kier alpha value is 0.790. The van der Waals surface area contributed by atoms with Crippen LogP contribution in [0.4, 0.5) is 0 Å². The highest BCUT2D eigenvalue weighted by molar-refractivity contribution is 8.79. The van der Waals surface area contributed by atoms with E-state index in [1.165, 1.54) is 4.24 Å². The van der Waals surface area contributed by atoms with Gasteiger partial charge in [0.2, 0.25) is 0 Å². The van der Waals surface area contributed by atoms with Crippen molar-refractivity contribution >= 4 is 33.3 Å². The molecule has 0 aliphatic rings. The standard InChI is InChI=1S/C7H14S3/c1-6(2)5-7(8-3)10-9-4/h5-6H,1-4H3/b7-5+. The first kappa shape index (κ1) is 10.8. The van der Waals surface area contributed by atoms with Crippen molar-refractivity contribution in [3.63, 3.8) is 0 Å². The average molecular weight is 194 g/mol. The minimum atomic E-state index is 0.669. The molecule has 0 unspecified atom stereocenters. The molecule has 0 fully saturated rings. The van der Waals surface area contributed by atoms with Gasteiger partial charge in [0.25, 0.3) is 0 Å². The van der Waals surface area contributed by atoms with Gasteiger partial charge in [-0.25, -0.2) is 0 Å².